The highest BCUT2D eigenvalue weighted by Crippen LogP contribution is 2.29. The van der Waals surface area contributed by atoms with Crippen molar-refractivity contribution in [1.82, 2.24) is 19.5 Å². The Labute approximate surface area is 174 Å². The molecule has 1 aliphatic heterocycles. The molecule has 0 aliphatic carbocycles. The third-order valence-electron chi connectivity index (χ3n) is 5.89. The van der Waals surface area contributed by atoms with Crippen LogP contribution in [0, 0.1) is 5.92 Å². The Morgan fingerprint density at radius 1 is 0.933 bits per heavy atom. The molecule has 150 valence electrons. The van der Waals surface area contributed by atoms with Gasteiger partial charge in [0.05, 0.1) is 17.5 Å². The molecule has 6 heteroatoms. The minimum Gasteiger partial charge on any atom is -0.371 e. The molecule has 5 rings (SSSR count). The van der Waals surface area contributed by atoms with E-state index < -0.39 is 0 Å². The molecule has 0 spiro atoms. The SMILES string of the molecule is O=c1cc(-c2ccncc2)ncn1CC1CCN(c2ccnc3ccccc23)CC1. The van der Waals surface area contributed by atoms with Gasteiger partial charge >= 0.3 is 0 Å². The van der Waals surface area contributed by atoms with Crippen LogP contribution < -0.4 is 10.5 Å². The maximum Gasteiger partial charge on any atom is 0.253 e. The zero-order valence-electron chi connectivity index (χ0n) is 16.7. The van der Waals surface area contributed by atoms with Crippen LogP contribution >= 0.6 is 0 Å². The molecule has 1 fully saturated rings. The second-order valence-corrected chi connectivity index (χ2v) is 7.78. The molecule has 4 heterocycles. The van der Waals surface area contributed by atoms with Crippen molar-refractivity contribution in [1.29, 1.82) is 0 Å². The molecule has 30 heavy (non-hydrogen) atoms. The lowest BCUT2D eigenvalue weighted by Crippen LogP contribution is -2.36. The fourth-order valence-electron chi connectivity index (χ4n) is 4.23. The molecule has 6 nitrogen and oxygen atoms in total. The van der Waals surface area contributed by atoms with Crippen LogP contribution in [0.2, 0.25) is 0 Å². The zero-order chi connectivity index (χ0) is 20.3. The van der Waals surface area contributed by atoms with Crippen LogP contribution in [-0.2, 0) is 6.54 Å². The number of aromatic nitrogens is 4. The van der Waals surface area contributed by atoms with Gasteiger partial charge in [-0.3, -0.25) is 19.3 Å². The highest BCUT2D eigenvalue weighted by atomic mass is 16.1. The average molecular weight is 397 g/mol. The number of piperidine rings is 1. The van der Waals surface area contributed by atoms with E-state index in [1.54, 1.807) is 29.4 Å². The molecular weight excluding hydrogens is 374 g/mol. The zero-order valence-corrected chi connectivity index (χ0v) is 16.7. The summed E-state index contributed by atoms with van der Waals surface area (Å²) in [5, 5.41) is 1.20. The summed E-state index contributed by atoms with van der Waals surface area (Å²) in [6.07, 6.45) is 9.09. The van der Waals surface area contributed by atoms with Gasteiger partial charge in [0.25, 0.3) is 5.56 Å². The van der Waals surface area contributed by atoms with Gasteiger partial charge < -0.3 is 4.90 Å². The van der Waals surface area contributed by atoms with Crippen LogP contribution in [0.1, 0.15) is 12.8 Å². The fraction of sp³-hybridized carbons (Fsp3) is 0.250. The summed E-state index contributed by atoms with van der Waals surface area (Å²) < 4.78 is 1.74. The van der Waals surface area contributed by atoms with Gasteiger partial charge in [0.1, 0.15) is 0 Å². The first-order valence-electron chi connectivity index (χ1n) is 10.3. The van der Waals surface area contributed by atoms with Gasteiger partial charge in [-0.05, 0) is 43.0 Å². The first kappa shape index (κ1) is 18.5. The normalized spacial score (nSPS) is 14.9. The van der Waals surface area contributed by atoms with E-state index in [2.05, 4.69) is 44.1 Å². The lowest BCUT2D eigenvalue weighted by atomic mass is 9.96. The van der Waals surface area contributed by atoms with E-state index in [9.17, 15) is 4.79 Å². The molecule has 0 amide bonds. The molecule has 4 aromatic rings. The van der Waals surface area contributed by atoms with E-state index in [-0.39, 0.29) is 5.56 Å². The maximum atomic E-state index is 12.6. The minimum absolute atomic E-state index is 0.000584. The topological polar surface area (TPSA) is 63.9 Å². The quantitative estimate of drug-likeness (QED) is 0.525. The smallest absolute Gasteiger partial charge is 0.253 e. The van der Waals surface area contributed by atoms with Crippen molar-refractivity contribution in [3.8, 4) is 11.3 Å². The number of benzene rings is 1. The Hall–Kier alpha value is -3.54. The Balaban J connectivity index is 1.27. The van der Waals surface area contributed by atoms with Gasteiger partial charge in [-0.1, -0.05) is 18.2 Å². The molecule has 1 aromatic carbocycles. The standard InChI is InChI=1S/C24H23N5O/c30-24-15-22(19-5-10-25-11-6-19)27-17-29(24)16-18-8-13-28(14-9-18)23-7-12-26-21-4-2-1-3-20(21)23/h1-7,10-12,15,17-18H,8-9,13-14,16H2. The van der Waals surface area contributed by atoms with Crippen molar-refractivity contribution < 1.29 is 0 Å². The van der Waals surface area contributed by atoms with Gasteiger partial charge in [0.2, 0.25) is 0 Å². The van der Waals surface area contributed by atoms with Gasteiger partial charge in [0.15, 0.2) is 0 Å². The summed E-state index contributed by atoms with van der Waals surface area (Å²) in [6.45, 7) is 2.68. The van der Waals surface area contributed by atoms with Crippen molar-refractivity contribution in [3.05, 3.63) is 83.8 Å². The molecule has 0 radical (unpaired) electrons. The molecule has 0 saturated carbocycles. The molecule has 0 bridgehead atoms. The van der Waals surface area contributed by atoms with Crippen molar-refractivity contribution in [3.63, 3.8) is 0 Å². The van der Waals surface area contributed by atoms with Crippen molar-refractivity contribution >= 4 is 16.6 Å². The van der Waals surface area contributed by atoms with E-state index in [0.29, 0.717) is 18.2 Å². The van der Waals surface area contributed by atoms with Crippen LogP contribution in [0.5, 0.6) is 0 Å². The molecule has 0 N–H and O–H groups in total. The Morgan fingerprint density at radius 3 is 2.53 bits per heavy atom. The van der Waals surface area contributed by atoms with Gasteiger partial charge in [-0.2, -0.15) is 0 Å². The molecule has 3 aromatic heterocycles. The largest absolute Gasteiger partial charge is 0.371 e. The average Bonchev–Trinajstić information content (AvgIpc) is 2.81. The van der Waals surface area contributed by atoms with Crippen LogP contribution in [0.15, 0.2) is 78.2 Å². The number of rotatable bonds is 4. The maximum absolute atomic E-state index is 12.6. The van der Waals surface area contributed by atoms with Crippen molar-refractivity contribution in [2.24, 2.45) is 5.92 Å². The minimum atomic E-state index is -0.000584. The van der Waals surface area contributed by atoms with E-state index in [1.807, 2.05) is 24.4 Å². The first-order chi connectivity index (χ1) is 14.8. The number of fused-ring (bicyclic) bond motifs is 1. The van der Waals surface area contributed by atoms with Crippen LogP contribution in [0.25, 0.3) is 22.2 Å². The molecule has 0 unspecified atom stereocenters. The number of hydrogen-bond acceptors (Lipinski definition) is 5. The van der Waals surface area contributed by atoms with E-state index in [0.717, 1.165) is 37.0 Å². The molecule has 0 atom stereocenters. The Bertz CT molecular complexity index is 1210. The summed E-state index contributed by atoms with van der Waals surface area (Å²) in [4.78, 5) is 28.0. The fourth-order valence-corrected chi connectivity index (χ4v) is 4.23. The van der Waals surface area contributed by atoms with E-state index in [4.69, 9.17) is 0 Å². The van der Waals surface area contributed by atoms with Gasteiger partial charge in [-0.25, -0.2) is 4.98 Å². The van der Waals surface area contributed by atoms with E-state index in [1.165, 1.54) is 11.1 Å². The molecule has 1 aliphatic rings. The third kappa shape index (κ3) is 3.68. The third-order valence-corrected chi connectivity index (χ3v) is 5.89. The summed E-state index contributed by atoms with van der Waals surface area (Å²) in [5.41, 5.74) is 3.88. The summed E-state index contributed by atoms with van der Waals surface area (Å²) >= 11 is 0. The predicted molar refractivity (Wildman–Crippen MR) is 118 cm³/mol. The van der Waals surface area contributed by atoms with Crippen LogP contribution in [-0.4, -0.2) is 32.6 Å². The lowest BCUT2D eigenvalue weighted by molar-refractivity contribution is 0.351. The second kappa shape index (κ2) is 8.06. The van der Waals surface area contributed by atoms with Crippen molar-refractivity contribution in [2.75, 3.05) is 18.0 Å². The molecule has 1 saturated heterocycles. The lowest BCUT2D eigenvalue weighted by Gasteiger charge is -2.34. The van der Waals surface area contributed by atoms with E-state index >= 15 is 0 Å². The molecular formula is C24H23N5O. The van der Waals surface area contributed by atoms with Crippen molar-refractivity contribution in [2.45, 2.75) is 19.4 Å². The summed E-state index contributed by atoms with van der Waals surface area (Å²) in [7, 11) is 0. The number of para-hydroxylation sites is 1. The first-order valence-corrected chi connectivity index (χ1v) is 10.3. The number of hydrogen-bond donors (Lipinski definition) is 0. The van der Waals surface area contributed by atoms with Crippen LogP contribution in [0.4, 0.5) is 5.69 Å². The summed E-state index contributed by atoms with van der Waals surface area (Å²) in [6, 6.07) is 15.7. The predicted octanol–water partition coefficient (Wildman–Crippen LogP) is 3.77. The van der Waals surface area contributed by atoms with Gasteiger partial charge in [0, 0.05) is 60.9 Å². The number of nitrogens with zero attached hydrogens (tertiary/aromatic N) is 5. The summed E-state index contributed by atoms with van der Waals surface area (Å²) in [5.74, 6) is 0.473. The Morgan fingerprint density at radius 2 is 1.73 bits per heavy atom. The number of pyridine rings is 2. The number of anilines is 1. The highest BCUT2D eigenvalue weighted by molar-refractivity contribution is 5.91. The second-order valence-electron chi connectivity index (χ2n) is 7.78. The Kier molecular flexibility index (Phi) is 4.97. The van der Waals surface area contributed by atoms with Crippen LogP contribution in [0.3, 0.4) is 0 Å². The highest BCUT2D eigenvalue weighted by Gasteiger charge is 2.21. The monoisotopic (exact) mass is 397 g/mol. The van der Waals surface area contributed by atoms with Gasteiger partial charge in [-0.15, -0.1) is 0 Å².